The minimum atomic E-state index is 0.371. The van der Waals surface area contributed by atoms with Crippen molar-refractivity contribution >= 4 is 17.1 Å². The molecule has 0 atom stereocenters. The largest absolute Gasteiger partial charge is 0.478 e. The topological polar surface area (TPSA) is 76.8 Å². The van der Waals surface area contributed by atoms with Crippen LogP contribution in [-0.4, -0.2) is 21.6 Å². The number of rotatable bonds is 2. The van der Waals surface area contributed by atoms with Crippen LogP contribution in [0, 0.1) is 0 Å². The lowest BCUT2D eigenvalue weighted by atomic mass is 10.4. The Morgan fingerprint density at radius 2 is 2.31 bits per heavy atom. The molecule has 0 aliphatic carbocycles. The van der Waals surface area contributed by atoms with Gasteiger partial charge < -0.3 is 15.5 Å². The normalized spacial score (nSPS) is 10.5. The molecule has 0 aliphatic rings. The highest BCUT2D eigenvalue weighted by atomic mass is 16.5. The van der Waals surface area contributed by atoms with E-state index in [2.05, 4.69) is 15.0 Å². The second-order valence-electron chi connectivity index (χ2n) is 2.58. The smallest absolute Gasteiger partial charge is 0.215 e. The Morgan fingerprint density at radius 3 is 3.08 bits per heavy atom. The van der Waals surface area contributed by atoms with Crippen LogP contribution in [0.1, 0.15) is 6.92 Å². The number of ether oxygens (including phenoxy) is 1. The van der Waals surface area contributed by atoms with Gasteiger partial charge in [-0.25, -0.2) is 0 Å². The average molecular weight is 178 g/mol. The molecule has 0 amide bonds. The number of pyridine rings is 1. The van der Waals surface area contributed by atoms with E-state index in [4.69, 9.17) is 10.5 Å². The standard InChI is InChI=1S/C8H10N4O/c1-2-13-6-4-3-5-7(11-6)12-8(9)10-5/h3-4H,2H2,1H3,(H3,9,10,11,12). The Bertz CT molecular complexity index is 423. The van der Waals surface area contributed by atoms with Crippen molar-refractivity contribution < 1.29 is 4.74 Å². The van der Waals surface area contributed by atoms with E-state index in [0.29, 0.717) is 24.1 Å². The Labute approximate surface area is 74.9 Å². The molecule has 5 heteroatoms. The zero-order valence-electron chi connectivity index (χ0n) is 7.24. The van der Waals surface area contributed by atoms with Gasteiger partial charge in [0.2, 0.25) is 5.88 Å². The van der Waals surface area contributed by atoms with Gasteiger partial charge in [-0.05, 0) is 13.0 Å². The minimum absolute atomic E-state index is 0.371. The number of aromatic nitrogens is 3. The Morgan fingerprint density at radius 1 is 1.46 bits per heavy atom. The van der Waals surface area contributed by atoms with Crippen LogP contribution in [0.4, 0.5) is 5.95 Å². The first-order chi connectivity index (χ1) is 6.29. The van der Waals surface area contributed by atoms with Crippen LogP contribution in [0.5, 0.6) is 5.88 Å². The summed E-state index contributed by atoms with van der Waals surface area (Å²) in [7, 11) is 0. The summed E-state index contributed by atoms with van der Waals surface area (Å²) in [4.78, 5) is 11.0. The van der Waals surface area contributed by atoms with Gasteiger partial charge in [-0.3, -0.25) is 0 Å². The van der Waals surface area contributed by atoms with Crippen LogP contribution in [-0.2, 0) is 0 Å². The maximum Gasteiger partial charge on any atom is 0.215 e. The SMILES string of the molecule is CCOc1ccc2[nH]c(N)nc2n1. The lowest BCUT2D eigenvalue weighted by Crippen LogP contribution is -1.93. The number of nitrogens with two attached hydrogens (primary N) is 1. The summed E-state index contributed by atoms with van der Waals surface area (Å²) in [6.45, 7) is 2.50. The lowest BCUT2D eigenvalue weighted by molar-refractivity contribution is 0.328. The predicted molar refractivity (Wildman–Crippen MR) is 49.5 cm³/mol. The molecule has 0 radical (unpaired) electrons. The number of H-pyrrole nitrogens is 1. The summed E-state index contributed by atoms with van der Waals surface area (Å²) in [6.07, 6.45) is 0. The van der Waals surface area contributed by atoms with Gasteiger partial charge in [0.1, 0.15) is 0 Å². The highest BCUT2D eigenvalue weighted by Crippen LogP contribution is 2.14. The molecular formula is C8H10N4O. The second-order valence-corrected chi connectivity index (χ2v) is 2.58. The molecule has 0 saturated carbocycles. The summed E-state index contributed by atoms with van der Waals surface area (Å²) in [6, 6.07) is 3.63. The van der Waals surface area contributed by atoms with Crippen LogP contribution in [0.2, 0.25) is 0 Å². The molecule has 0 bridgehead atoms. The van der Waals surface area contributed by atoms with Gasteiger partial charge in [-0.1, -0.05) is 0 Å². The molecule has 3 N–H and O–H groups in total. The van der Waals surface area contributed by atoms with Crippen molar-refractivity contribution in [3.8, 4) is 5.88 Å². The van der Waals surface area contributed by atoms with Crippen LogP contribution in [0.3, 0.4) is 0 Å². The van der Waals surface area contributed by atoms with Crippen molar-refractivity contribution in [1.82, 2.24) is 15.0 Å². The summed E-state index contributed by atoms with van der Waals surface area (Å²) >= 11 is 0. The van der Waals surface area contributed by atoms with Crippen molar-refractivity contribution in [2.24, 2.45) is 0 Å². The number of nitrogens with zero attached hydrogens (tertiary/aromatic N) is 2. The van der Waals surface area contributed by atoms with Crippen LogP contribution < -0.4 is 10.5 Å². The van der Waals surface area contributed by atoms with E-state index < -0.39 is 0 Å². The molecule has 13 heavy (non-hydrogen) atoms. The fraction of sp³-hybridized carbons (Fsp3) is 0.250. The quantitative estimate of drug-likeness (QED) is 0.717. The maximum atomic E-state index is 5.47. The van der Waals surface area contributed by atoms with Gasteiger partial charge in [0.25, 0.3) is 0 Å². The van der Waals surface area contributed by atoms with E-state index in [-0.39, 0.29) is 0 Å². The molecule has 2 aromatic rings. The first kappa shape index (κ1) is 7.85. The van der Waals surface area contributed by atoms with Crippen molar-refractivity contribution in [2.75, 3.05) is 12.3 Å². The molecule has 0 fully saturated rings. The molecule has 0 aromatic carbocycles. The van der Waals surface area contributed by atoms with Gasteiger partial charge in [-0.15, -0.1) is 0 Å². The fourth-order valence-electron chi connectivity index (χ4n) is 1.12. The number of aromatic amines is 1. The molecule has 0 saturated heterocycles. The van der Waals surface area contributed by atoms with Crippen LogP contribution >= 0.6 is 0 Å². The number of hydrogen-bond acceptors (Lipinski definition) is 4. The first-order valence-electron chi connectivity index (χ1n) is 4.04. The van der Waals surface area contributed by atoms with E-state index in [1.54, 1.807) is 6.07 Å². The van der Waals surface area contributed by atoms with Gasteiger partial charge in [0.15, 0.2) is 11.6 Å². The third-order valence-corrected chi connectivity index (χ3v) is 1.63. The van der Waals surface area contributed by atoms with E-state index >= 15 is 0 Å². The highest BCUT2D eigenvalue weighted by molar-refractivity contribution is 5.73. The lowest BCUT2D eigenvalue weighted by Gasteiger charge is -1.99. The Balaban J connectivity index is 2.48. The Hall–Kier alpha value is -1.78. The number of anilines is 1. The van der Waals surface area contributed by atoms with Crippen LogP contribution in [0.25, 0.3) is 11.2 Å². The third-order valence-electron chi connectivity index (χ3n) is 1.63. The van der Waals surface area contributed by atoms with Crippen molar-refractivity contribution in [2.45, 2.75) is 6.92 Å². The fourth-order valence-corrected chi connectivity index (χ4v) is 1.12. The zero-order chi connectivity index (χ0) is 9.26. The molecule has 0 spiro atoms. The van der Waals surface area contributed by atoms with Crippen molar-refractivity contribution in [3.63, 3.8) is 0 Å². The molecule has 2 rings (SSSR count). The average Bonchev–Trinajstić information content (AvgIpc) is 2.44. The van der Waals surface area contributed by atoms with Gasteiger partial charge >= 0.3 is 0 Å². The summed E-state index contributed by atoms with van der Waals surface area (Å²) < 4.78 is 5.22. The highest BCUT2D eigenvalue weighted by Gasteiger charge is 2.02. The first-order valence-corrected chi connectivity index (χ1v) is 4.04. The maximum absolute atomic E-state index is 5.47. The number of fused-ring (bicyclic) bond motifs is 1. The molecule has 68 valence electrons. The number of nitrogens with one attached hydrogen (secondary N) is 1. The van der Waals surface area contributed by atoms with Gasteiger partial charge in [-0.2, -0.15) is 9.97 Å². The van der Waals surface area contributed by atoms with E-state index in [0.717, 1.165) is 5.52 Å². The number of hydrogen-bond donors (Lipinski definition) is 2. The minimum Gasteiger partial charge on any atom is -0.478 e. The molecule has 2 heterocycles. The van der Waals surface area contributed by atoms with Crippen molar-refractivity contribution in [1.29, 1.82) is 0 Å². The van der Waals surface area contributed by atoms with Crippen LogP contribution in [0.15, 0.2) is 12.1 Å². The monoisotopic (exact) mass is 178 g/mol. The third kappa shape index (κ3) is 1.40. The predicted octanol–water partition coefficient (Wildman–Crippen LogP) is 0.939. The van der Waals surface area contributed by atoms with Gasteiger partial charge in [0, 0.05) is 6.07 Å². The van der Waals surface area contributed by atoms with Crippen molar-refractivity contribution in [3.05, 3.63) is 12.1 Å². The van der Waals surface area contributed by atoms with E-state index in [9.17, 15) is 0 Å². The second kappa shape index (κ2) is 2.93. The molecule has 5 nitrogen and oxygen atoms in total. The number of nitrogen functional groups attached to an aromatic ring is 1. The molecule has 0 aliphatic heterocycles. The summed E-state index contributed by atoms with van der Waals surface area (Å²) in [5, 5.41) is 0. The van der Waals surface area contributed by atoms with Gasteiger partial charge in [0.05, 0.1) is 12.1 Å². The number of imidazole rings is 1. The Kier molecular flexibility index (Phi) is 1.77. The summed E-state index contributed by atoms with van der Waals surface area (Å²) in [5.41, 5.74) is 6.87. The summed E-state index contributed by atoms with van der Waals surface area (Å²) in [5.74, 6) is 0.942. The van der Waals surface area contributed by atoms with E-state index in [1.165, 1.54) is 0 Å². The molecular weight excluding hydrogens is 168 g/mol. The molecule has 0 unspecified atom stereocenters. The van der Waals surface area contributed by atoms with E-state index in [1.807, 2.05) is 13.0 Å². The zero-order valence-corrected chi connectivity index (χ0v) is 7.24. The molecule has 2 aromatic heterocycles.